The van der Waals surface area contributed by atoms with Crippen molar-refractivity contribution in [3.63, 3.8) is 0 Å². The number of morpholine rings is 1. The predicted molar refractivity (Wildman–Crippen MR) is 74.4 cm³/mol. The second-order valence-corrected chi connectivity index (χ2v) is 5.46. The molecule has 4 heteroatoms. The first kappa shape index (κ1) is 14.4. The van der Waals surface area contributed by atoms with E-state index in [9.17, 15) is 4.39 Å². The maximum absolute atomic E-state index is 12.8. The fourth-order valence-corrected chi connectivity index (χ4v) is 2.67. The Bertz CT molecular complexity index is 386. The zero-order chi connectivity index (χ0) is 13.8. The Kier molecular flexibility index (Phi) is 4.91. The van der Waals surface area contributed by atoms with Crippen LogP contribution in [-0.2, 0) is 4.74 Å². The lowest BCUT2D eigenvalue weighted by Gasteiger charge is -2.35. The molecule has 1 saturated heterocycles. The monoisotopic (exact) mass is 266 g/mol. The molecule has 3 unspecified atom stereocenters. The van der Waals surface area contributed by atoms with Crippen LogP contribution in [0.5, 0.6) is 0 Å². The topological polar surface area (TPSA) is 38.5 Å². The number of rotatable bonds is 4. The molecule has 0 aliphatic carbocycles. The van der Waals surface area contributed by atoms with Crippen LogP contribution in [0.2, 0.25) is 0 Å². The molecule has 1 heterocycles. The molecule has 19 heavy (non-hydrogen) atoms. The van der Waals surface area contributed by atoms with Gasteiger partial charge in [-0.05, 0) is 38.0 Å². The summed E-state index contributed by atoms with van der Waals surface area (Å²) in [5.41, 5.74) is 7.15. The number of halogens is 1. The van der Waals surface area contributed by atoms with Gasteiger partial charge in [0.05, 0.1) is 12.2 Å². The number of nitrogens with zero attached hydrogens (tertiary/aromatic N) is 1. The highest BCUT2D eigenvalue weighted by Crippen LogP contribution is 2.17. The summed E-state index contributed by atoms with van der Waals surface area (Å²) >= 11 is 0. The maximum atomic E-state index is 12.8. The van der Waals surface area contributed by atoms with Gasteiger partial charge < -0.3 is 10.5 Å². The fourth-order valence-electron chi connectivity index (χ4n) is 2.67. The van der Waals surface area contributed by atoms with Gasteiger partial charge in [0.1, 0.15) is 5.82 Å². The highest BCUT2D eigenvalue weighted by molar-refractivity contribution is 5.19. The molecule has 0 aromatic heterocycles. The number of hydrogen-bond donors (Lipinski definition) is 1. The third kappa shape index (κ3) is 4.27. The van der Waals surface area contributed by atoms with Gasteiger partial charge in [0, 0.05) is 25.7 Å². The van der Waals surface area contributed by atoms with Crippen LogP contribution < -0.4 is 5.73 Å². The van der Waals surface area contributed by atoms with Crippen molar-refractivity contribution >= 4 is 0 Å². The molecule has 1 fully saturated rings. The Morgan fingerprint density at radius 3 is 2.42 bits per heavy atom. The average molecular weight is 266 g/mol. The first-order valence-electron chi connectivity index (χ1n) is 6.93. The summed E-state index contributed by atoms with van der Waals surface area (Å²) in [6.07, 6.45) is 1.45. The SMILES string of the molecule is CC1CN(CCC(N)c2ccc(F)cc2)CC(C)O1. The van der Waals surface area contributed by atoms with Crippen molar-refractivity contribution < 1.29 is 9.13 Å². The molecule has 1 aliphatic heterocycles. The molecule has 0 amide bonds. The van der Waals surface area contributed by atoms with Crippen LogP contribution in [0.1, 0.15) is 31.9 Å². The normalized spacial score (nSPS) is 26.3. The number of nitrogens with two attached hydrogens (primary N) is 1. The second-order valence-electron chi connectivity index (χ2n) is 5.46. The van der Waals surface area contributed by atoms with Crippen LogP contribution >= 0.6 is 0 Å². The smallest absolute Gasteiger partial charge is 0.123 e. The summed E-state index contributed by atoms with van der Waals surface area (Å²) < 4.78 is 18.6. The predicted octanol–water partition coefficient (Wildman–Crippen LogP) is 2.32. The Morgan fingerprint density at radius 1 is 1.26 bits per heavy atom. The van der Waals surface area contributed by atoms with Crippen molar-refractivity contribution in [1.82, 2.24) is 4.90 Å². The van der Waals surface area contributed by atoms with Gasteiger partial charge in [0.2, 0.25) is 0 Å². The quantitative estimate of drug-likeness (QED) is 0.909. The van der Waals surface area contributed by atoms with E-state index in [1.165, 1.54) is 12.1 Å². The van der Waals surface area contributed by atoms with E-state index in [1.54, 1.807) is 12.1 Å². The molecule has 3 nitrogen and oxygen atoms in total. The first-order valence-corrected chi connectivity index (χ1v) is 6.93. The molecule has 3 atom stereocenters. The van der Waals surface area contributed by atoms with E-state index in [0.717, 1.165) is 31.6 Å². The van der Waals surface area contributed by atoms with Gasteiger partial charge in [-0.2, -0.15) is 0 Å². The van der Waals surface area contributed by atoms with Crippen LogP contribution in [0.4, 0.5) is 4.39 Å². The third-order valence-electron chi connectivity index (χ3n) is 3.55. The second kappa shape index (κ2) is 6.46. The summed E-state index contributed by atoms with van der Waals surface area (Å²) in [6, 6.07) is 6.44. The highest BCUT2D eigenvalue weighted by atomic mass is 19.1. The van der Waals surface area contributed by atoms with Crippen LogP contribution in [0, 0.1) is 5.82 Å². The highest BCUT2D eigenvalue weighted by Gasteiger charge is 2.22. The van der Waals surface area contributed by atoms with Crippen molar-refractivity contribution in [3.8, 4) is 0 Å². The van der Waals surface area contributed by atoms with Gasteiger partial charge >= 0.3 is 0 Å². The summed E-state index contributed by atoms with van der Waals surface area (Å²) in [7, 11) is 0. The van der Waals surface area contributed by atoms with Crippen LogP contribution in [-0.4, -0.2) is 36.7 Å². The van der Waals surface area contributed by atoms with Crippen molar-refractivity contribution in [2.75, 3.05) is 19.6 Å². The Labute approximate surface area is 114 Å². The van der Waals surface area contributed by atoms with Crippen molar-refractivity contribution in [1.29, 1.82) is 0 Å². The lowest BCUT2D eigenvalue weighted by molar-refractivity contribution is -0.0684. The molecule has 1 aliphatic rings. The van der Waals surface area contributed by atoms with Gasteiger partial charge in [-0.3, -0.25) is 4.90 Å². The molecule has 0 saturated carbocycles. The van der Waals surface area contributed by atoms with E-state index in [-0.39, 0.29) is 24.1 Å². The minimum atomic E-state index is -0.216. The fraction of sp³-hybridized carbons (Fsp3) is 0.600. The largest absolute Gasteiger partial charge is 0.373 e. The first-order chi connectivity index (χ1) is 9.04. The molecule has 2 N–H and O–H groups in total. The lowest BCUT2D eigenvalue weighted by atomic mass is 10.0. The molecule has 106 valence electrons. The number of ether oxygens (including phenoxy) is 1. The van der Waals surface area contributed by atoms with Crippen LogP contribution in [0.25, 0.3) is 0 Å². The van der Waals surface area contributed by atoms with Gasteiger partial charge in [-0.25, -0.2) is 4.39 Å². The van der Waals surface area contributed by atoms with E-state index < -0.39 is 0 Å². The van der Waals surface area contributed by atoms with E-state index in [2.05, 4.69) is 18.7 Å². The third-order valence-corrected chi connectivity index (χ3v) is 3.55. The van der Waals surface area contributed by atoms with Crippen molar-refractivity contribution in [3.05, 3.63) is 35.6 Å². The van der Waals surface area contributed by atoms with E-state index >= 15 is 0 Å². The van der Waals surface area contributed by atoms with Gasteiger partial charge in [-0.15, -0.1) is 0 Å². The Balaban J connectivity index is 1.83. The lowest BCUT2D eigenvalue weighted by Crippen LogP contribution is -2.46. The number of benzene rings is 1. The van der Waals surface area contributed by atoms with Crippen molar-refractivity contribution in [2.24, 2.45) is 5.73 Å². The van der Waals surface area contributed by atoms with Gasteiger partial charge in [0.15, 0.2) is 0 Å². The van der Waals surface area contributed by atoms with E-state index in [4.69, 9.17) is 10.5 Å². The minimum Gasteiger partial charge on any atom is -0.373 e. The molecule has 0 radical (unpaired) electrons. The molecule has 0 bridgehead atoms. The molecule has 1 aromatic carbocycles. The maximum Gasteiger partial charge on any atom is 0.123 e. The summed E-state index contributed by atoms with van der Waals surface area (Å²) in [4.78, 5) is 2.39. The van der Waals surface area contributed by atoms with E-state index in [1.807, 2.05) is 0 Å². The average Bonchev–Trinajstić information content (AvgIpc) is 2.36. The molecule has 1 aromatic rings. The Hall–Kier alpha value is -0.970. The summed E-state index contributed by atoms with van der Waals surface area (Å²) in [5.74, 6) is -0.216. The molecular weight excluding hydrogens is 243 g/mol. The summed E-state index contributed by atoms with van der Waals surface area (Å²) in [5, 5.41) is 0. The standard InChI is InChI=1S/C15H23FN2O/c1-11-9-18(10-12(2)19-11)8-7-15(17)13-3-5-14(16)6-4-13/h3-6,11-12,15H,7-10,17H2,1-2H3. The van der Waals surface area contributed by atoms with Crippen molar-refractivity contribution in [2.45, 2.75) is 38.5 Å². The zero-order valence-corrected chi connectivity index (χ0v) is 11.7. The van der Waals surface area contributed by atoms with Crippen LogP contribution in [0.3, 0.4) is 0 Å². The zero-order valence-electron chi connectivity index (χ0n) is 11.7. The number of hydrogen-bond acceptors (Lipinski definition) is 3. The van der Waals surface area contributed by atoms with Gasteiger partial charge in [-0.1, -0.05) is 12.1 Å². The molecule has 0 spiro atoms. The van der Waals surface area contributed by atoms with Gasteiger partial charge in [0.25, 0.3) is 0 Å². The van der Waals surface area contributed by atoms with Crippen LogP contribution in [0.15, 0.2) is 24.3 Å². The minimum absolute atomic E-state index is 0.0333. The van der Waals surface area contributed by atoms with E-state index in [0.29, 0.717) is 0 Å². The summed E-state index contributed by atoms with van der Waals surface area (Å²) in [6.45, 7) is 7.07. The Morgan fingerprint density at radius 2 is 1.84 bits per heavy atom. The molecule has 2 rings (SSSR count). The molecular formula is C15H23FN2O.